The molecule has 1 atom stereocenters. The Balaban J connectivity index is 1.83. The molecule has 1 aliphatic rings. The number of hydrogen-bond acceptors (Lipinski definition) is 5. The lowest BCUT2D eigenvalue weighted by molar-refractivity contribution is -0.126. The lowest BCUT2D eigenvalue weighted by Crippen LogP contribution is -2.43. The summed E-state index contributed by atoms with van der Waals surface area (Å²) in [6.45, 7) is 3.55. The van der Waals surface area contributed by atoms with Crippen molar-refractivity contribution >= 4 is 11.9 Å². The summed E-state index contributed by atoms with van der Waals surface area (Å²) in [5, 5.41) is 11.8. The molecule has 0 aromatic carbocycles. The Morgan fingerprint density at radius 1 is 1.48 bits per heavy atom. The fourth-order valence-corrected chi connectivity index (χ4v) is 2.54. The number of rotatable bonds is 5. The highest BCUT2D eigenvalue weighted by molar-refractivity contribution is 5.79. The van der Waals surface area contributed by atoms with E-state index in [9.17, 15) is 4.79 Å². The van der Waals surface area contributed by atoms with Gasteiger partial charge in [-0.2, -0.15) is 5.26 Å². The van der Waals surface area contributed by atoms with E-state index in [1.54, 1.807) is 18.5 Å². The molecule has 1 amide bonds. The van der Waals surface area contributed by atoms with Crippen molar-refractivity contribution in [2.45, 2.75) is 38.6 Å². The third-order valence-corrected chi connectivity index (χ3v) is 3.75. The standard InChI is InChI=1S/C15H21N5O/c1-2-4-13(11-16)19-14(21)12-5-9-20(10-6-12)15-17-7-3-8-18-15/h3,7-8,12-13H,2,4-6,9-10H2,1H3,(H,19,21). The zero-order chi connectivity index (χ0) is 15.1. The van der Waals surface area contributed by atoms with Crippen molar-refractivity contribution in [3.63, 3.8) is 0 Å². The van der Waals surface area contributed by atoms with Gasteiger partial charge in [-0.25, -0.2) is 9.97 Å². The molecule has 1 aromatic rings. The lowest BCUT2D eigenvalue weighted by Gasteiger charge is -2.31. The average molecular weight is 287 g/mol. The Hall–Kier alpha value is -2.16. The zero-order valence-corrected chi connectivity index (χ0v) is 12.3. The fourth-order valence-electron chi connectivity index (χ4n) is 2.54. The summed E-state index contributed by atoms with van der Waals surface area (Å²) in [5.74, 6) is 0.707. The van der Waals surface area contributed by atoms with Crippen LogP contribution >= 0.6 is 0 Å². The minimum absolute atomic E-state index is 0.00336. The van der Waals surface area contributed by atoms with E-state index in [1.165, 1.54) is 0 Å². The molecule has 1 aromatic heterocycles. The first kappa shape index (κ1) is 15.2. The molecule has 2 rings (SSSR count). The van der Waals surface area contributed by atoms with Crippen LogP contribution in [0.2, 0.25) is 0 Å². The van der Waals surface area contributed by atoms with Gasteiger partial charge in [-0.05, 0) is 25.3 Å². The Labute approximate surface area is 125 Å². The number of piperidine rings is 1. The molecule has 6 nitrogen and oxygen atoms in total. The van der Waals surface area contributed by atoms with Gasteiger partial charge in [-0.1, -0.05) is 13.3 Å². The number of nitriles is 1. The summed E-state index contributed by atoms with van der Waals surface area (Å²) in [6.07, 6.45) is 6.59. The number of nitrogens with zero attached hydrogens (tertiary/aromatic N) is 4. The molecule has 6 heteroatoms. The van der Waals surface area contributed by atoms with Gasteiger partial charge in [0.05, 0.1) is 6.07 Å². The van der Waals surface area contributed by atoms with Gasteiger partial charge < -0.3 is 10.2 Å². The summed E-state index contributed by atoms with van der Waals surface area (Å²) in [6, 6.07) is 3.57. The van der Waals surface area contributed by atoms with Gasteiger partial charge in [0.2, 0.25) is 11.9 Å². The normalized spacial score (nSPS) is 17.0. The summed E-state index contributed by atoms with van der Waals surface area (Å²) in [5.41, 5.74) is 0. The molecule has 1 saturated heterocycles. The Morgan fingerprint density at radius 3 is 2.71 bits per heavy atom. The predicted molar refractivity (Wildman–Crippen MR) is 79.4 cm³/mol. The van der Waals surface area contributed by atoms with Crippen molar-refractivity contribution in [3.05, 3.63) is 18.5 Å². The highest BCUT2D eigenvalue weighted by atomic mass is 16.1. The van der Waals surface area contributed by atoms with Gasteiger partial charge in [0.1, 0.15) is 6.04 Å². The average Bonchev–Trinajstić information content (AvgIpc) is 2.55. The van der Waals surface area contributed by atoms with Crippen LogP contribution in [0.15, 0.2) is 18.5 Å². The summed E-state index contributed by atoms with van der Waals surface area (Å²) in [4.78, 5) is 22.7. The predicted octanol–water partition coefficient (Wildman–Crippen LogP) is 1.50. The maximum absolute atomic E-state index is 12.2. The van der Waals surface area contributed by atoms with Crippen molar-refractivity contribution in [1.82, 2.24) is 15.3 Å². The van der Waals surface area contributed by atoms with Crippen LogP contribution in [0.25, 0.3) is 0 Å². The van der Waals surface area contributed by atoms with Crippen molar-refractivity contribution in [3.8, 4) is 6.07 Å². The molecule has 21 heavy (non-hydrogen) atoms. The van der Waals surface area contributed by atoms with Crippen LogP contribution in [0.1, 0.15) is 32.6 Å². The third-order valence-electron chi connectivity index (χ3n) is 3.75. The van der Waals surface area contributed by atoms with E-state index in [2.05, 4.69) is 26.3 Å². The molecule has 0 radical (unpaired) electrons. The molecule has 1 aliphatic heterocycles. The van der Waals surface area contributed by atoms with Crippen LogP contribution in [0.5, 0.6) is 0 Å². The van der Waals surface area contributed by atoms with Gasteiger partial charge in [-0.3, -0.25) is 4.79 Å². The van der Waals surface area contributed by atoms with Crippen molar-refractivity contribution in [2.75, 3.05) is 18.0 Å². The van der Waals surface area contributed by atoms with E-state index in [1.807, 2.05) is 6.92 Å². The highest BCUT2D eigenvalue weighted by Gasteiger charge is 2.27. The van der Waals surface area contributed by atoms with Crippen LogP contribution in [-0.4, -0.2) is 35.0 Å². The minimum atomic E-state index is -0.363. The van der Waals surface area contributed by atoms with Gasteiger partial charge in [0.25, 0.3) is 0 Å². The highest BCUT2D eigenvalue weighted by Crippen LogP contribution is 2.20. The molecule has 0 aliphatic carbocycles. The smallest absolute Gasteiger partial charge is 0.225 e. The number of amides is 1. The largest absolute Gasteiger partial charge is 0.341 e. The molecular formula is C15H21N5O. The molecule has 2 heterocycles. The minimum Gasteiger partial charge on any atom is -0.341 e. The number of carbonyl (C=O) groups excluding carboxylic acids is 1. The van der Waals surface area contributed by atoms with E-state index < -0.39 is 0 Å². The van der Waals surface area contributed by atoms with Crippen LogP contribution in [0.4, 0.5) is 5.95 Å². The van der Waals surface area contributed by atoms with Crippen LogP contribution in [-0.2, 0) is 4.79 Å². The zero-order valence-electron chi connectivity index (χ0n) is 12.3. The number of anilines is 1. The van der Waals surface area contributed by atoms with E-state index in [0.717, 1.165) is 38.3 Å². The molecule has 1 unspecified atom stereocenters. The first-order valence-electron chi connectivity index (χ1n) is 7.46. The van der Waals surface area contributed by atoms with Crippen molar-refractivity contribution < 1.29 is 4.79 Å². The third kappa shape index (κ3) is 4.15. The fraction of sp³-hybridized carbons (Fsp3) is 0.600. The maximum atomic E-state index is 12.2. The molecule has 0 spiro atoms. The second-order valence-corrected chi connectivity index (χ2v) is 5.29. The van der Waals surface area contributed by atoms with Crippen LogP contribution in [0.3, 0.4) is 0 Å². The Morgan fingerprint density at radius 2 is 2.14 bits per heavy atom. The van der Waals surface area contributed by atoms with Crippen molar-refractivity contribution in [1.29, 1.82) is 5.26 Å². The molecule has 1 fully saturated rings. The van der Waals surface area contributed by atoms with Crippen molar-refractivity contribution in [2.24, 2.45) is 5.92 Å². The number of nitrogens with one attached hydrogen (secondary N) is 1. The second kappa shape index (κ2) is 7.58. The van der Waals surface area contributed by atoms with E-state index in [4.69, 9.17) is 5.26 Å². The lowest BCUT2D eigenvalue weighted by atomic mass is 9.95. The van der Waals surface area contributed by atoms with E-state index >= 15 is 0 Å². The van der Waals surface area contributed by atoms with E-state index in [0.29, 0.717) is 6.42 Å². The number of hydrogen-bond donors (Lipinski definition) is 1. The number of carbonyl (C=O) groups is 1. The van der Waals surface area contributed by atoms with Gasteiger partial charge >= 0.3 is 0 Å². The summed E-state index contributed by atoms with van der Waals surface area (Å²) >= 11 is 0. The number of aromatic nitrogens is 2. The molecule has 0 bridgehead atoms. The summed E-state index contributed by atoms with van der Waals surface area (Å²) < 4.78 is 0. The van der Waals surface area contributed by atoms with E-state index in [-0.39, 0.29) is 17.9 Å². The topological polar surface area (TPSA) is 81.9 Å². The van der Waals surface area contributed by atoms with Gasteiger partial charge in [-0.15, -0.1) is 0 Å². The second-order valence-electron chi connectivity index (χ2n) is 5.29. The van der Waals surface area contributed by atoms with Gasteiger partial charge in [0.15, 0.2) is 0 Å². The Kier molecular flexibility index (Phi) is 5.50. The molecular weight excluding hydrogens is 266 g/mol. The monoisotopic (exact) mass is 287 g/mol. The van der Waals surface area contributed by atoms with Crippen LogP contribution in [0, 0.1) is 17.2 Å². The SMILES string of the molecule is CCCC(C#N)NC(=O)C1CCN(c2ncccn2)CC1. The molecule has 0 saturated carbocycles. The quantitative estimate of drug-likeness (QED) is 0.887. The molecule has 1 N–H and O–H groups in total. The maximum Gasteiger partial charge on any atom is 0.225 e. The van der Waals surface area contributed by atoms with Gasteiger partial charge in [0, 0.05) is 31.4 Å². The first-order chi connectivity index (χ1) is 10.2. The summed E-state index contributed by atoms with van der Waals surface area (Å²) in [7, 11) is 0. The first-order valence-corrected chi connectivity index (χ1v) is 7.46. The Bertz CT molecular complexity index is 491. The molecule has 112 valence electrons. The van der Waals surface area contributed by atoms with Crippen LogP contribution < -0.4 is 10.2 Å².